The summed E-state index contributed by atoms with van der Waals surface area (Å²) in [6.07, 6.45) is 3.61. The molecule has 6 heteroatoms. The minimum Gasteiger partial charge on any atom is -0.335 e. The average Bonchev–Trinajstić information content (AvgIpc) is 2.99. The van der Waals surface area contributed by atoms with E-state index >= 15 is 0 Å². The Morgan fingerprint density at radius 1 is 1.21 bits per heavy atom. The maximum Gasteiger partial charge on any atom is 0.269 e. The van der Waals surface area contributed by atoms with Crippen molar-refractivity contribution in [3.8, 4) is 0 Å². The fraction of sp³-hybridized carbons (Fsp3) is 0.462. The summed E-state index contributed by atoms with van der Waals surface area (Å²) in [5.41, 5.74) is 0.485. The van der Waals surface area contributed by atoms with Crippen molar-refractivity contribution in [2.24, 2.45) is 0 Å². The molecular formula is C13H15N3O3. The molecule has 19 heavy (non-hydrogen) atoms. The first-order chi connectivity index (χ1) is 9.11. The molecule has 2 fully saturated rings. The molecule has 1 aromatic rings. The first-order valence-electron chi connectivity index (χ1n) is 6.44. The van der Waals surface area contributed by atoms with Gasteiger partial charge in [-0.1, -0.05) is 12.8 Å². The number of nitro benzene ring substituents is 1. The van der Waals surface area contributed by atoms with Crippen LogP contribution in [0.3, 0.4) is 0 Å². The molecule has 1 atom stereocenters. The normalized spacial score (nSPS) is 24.6. The molecule has 1 saturated carbocycles. The second-order valence-electron chi connectivity index (χ2n) is 5.19. The van der Waals surface area contributed by atoms with Crippen molar-refractivity contribution in [2.75, 3.05) is 0 Å². The van der Waals surface area contributed by atoms with E-state index < -0.39 is 10.5 Å². The van der Waals surface area contributed by atoms with E-state index in [-0.39, 0.29) is 17.8 Å². The Morgan fingerprint density at radius 3 is 2.42 bits per heavy atom. The number of hydrogen-bond acceptors (Lipinski definition) is 4. The number of non-ortho nitro benzene ring substituents is 1. The van der Waals surface area contributed by atoms with E-state index in [1.54, 1.807) is 12.1 Å². The number of nitrogens with one attached hydrogen (secondary N) is 2. The van der Waals surface area contributed by atoms with Crippen molar-refractivity contribution < 1.29 is 9.72 Å². The van der Waals surface area contributed by atoms with Crippen LogP contribution in [0, 0.1) is 10.1 Å². The van der Waals surface area contributed by atoms with Gasteiger partial charge >= 0.3 is 0 Å². The van der Waals surface area contributed by atoms with Crippen molar-refractivity contribution in [1.82, 2.24) is 10.6 Å². The topological polar surface area (TPSA) is 84.3 Å². The van der Waals surface area contributed by atoms with Crippen LogP contribution in [0.15, 0.2) is 24.3 Å². The van der Waals surface area contributed by atoms with E-state index in [0.717, 1.165) is 31.2 Å². The molecule has 1 spiro atoms. The summed E-state index contributed by atoms with van der Waals surface area (Å²) in [6, 6.07) is 6.29. The Morgan fingerprint density at radius 2 is 1.84 bits per heavy atom. The van der Waals surface area contributed by atoms with Crippen LogP contribution in [0.25, 0.3) is 0 Å². The average molecular weight is 261 g/mol. The van der Waals surface area contributed by atoms with E-state index in [9.17, 15) is 14.9 Å². The smallest absolute Gasteiger partial charge is 0.269 e. The lowest BCUT2D eigenvalue weighted by Crippen LogP contribution is -2.43. The number of amides is 1. The number of nitrogens with zero attached hydrogens (tertiary/aromatic N) is 1. The molecule has 1 aromatic carbocycles. The van der Waals surface area contributed by atoms with E-state index in [1.165, 1.54) is 12.1 Å². The van der Waals surface area contributed by atoms with Gasteiger partial charge in [0.1, 0.15) is 6.17 Å². The molecule has 100 valence electrons. The largest absolute Gasteiger partial charge is 0.335 e. The molecule has 1 unspecified atom stereocenters. The van der Waals surface area contributed by atoms with Crippen LogP contribution in [-0.2, 0) is 4.79 Å². The van der Waals surface area contributed by atoms with Crippen molar-refractivity contribution in [2.45, 2.75) is 37.4 Å². The van der Waals surface area contributed by atoms with Gasteiger partial charge in [-0.15, -0.1) is 0 Å². The predicted octanol–water partition coefficient (Wildman–Crippen LogP) is 1.63. The highest BCUT2D eigenvalue weighted by Gasteiger charge is 2.48. The predicted molar refractivity (Wildman–Crippen MR) is 68.3 cm³/mol. The Kier molecular flexibility index (Phi) is 2.74. The van der Waals surface area contributed by atoms with Gasteiger partial charge in [0.2, 0.25) is 5.91 Å². The summed E-state index contributed by atoms with van der Waals surface area (Å²) in [6.45, 7) is 0. The minimum absolute atomic E-state index is 0.0494. The lowest BCUT2D eigenvalue weighted by Gasteiger charge is -2.20. The van der Waals surface area contributed by atoms with Gasteiger partial charge in [-0.3, -0.25) is 20.2 Å². The quantitative estimate of drug-likeness (QED) is 0.626. The van der Waals surface area contributed by atoms with Crippen LogP contribution in [0.5, 0.6) is 0 Å². The highest BCUT2D eigenvalue weighted by atomic mass is 16.6. The van der Waals surface area contributed by atoms with Gasteiger partial charge in [-0.2, -0.15) is 0 Å². The number of nitro groups is 1. The molecule has 0 aromatic heterocycles. The van der Waals surface area contributed by atoms with Gasteiger partial charge < -0.3 is 5.32 Å². The maximum absolute atomic E-state index is 12.1. The van der Waals surface area contributed by atoms with E-state index in [4.69, 9.17) is 0 Å². The lowest BCUT2D eigenvalue weighted by atomic mass is 9.98. The van der Waals surface area contributed by atoms with Crippen molar-refractivity contribution >= 4 is 11.6 Å². The van der Waals surface area contributed by atoms with Crippen LogP contribution in [-0.4, -0.2) is 16.4 Å². The van der Waals surface area contributed by atoms with Crippen molar-refractivity contribution in [1.29, 1.82) is 0 Å². The molecule has 0 radical (unpaired) electrons. The zero-order chi connectivity index (χ0) is 13.5. The first-order valence-corrected chi connectivity index (χ1v) is 6.44. The number of benzene rings is 1. The molecule has 2 aliphatic rings. The van der Waals surface area contributed by atoms with E-state index in [0.29, 0.717) is 0 Å². The minimum atomic E-state index is -0.428. The number of carbonyl (C=O) groups is 1. The molecule has 0 bridgehead atoms. The number of rotatable bonds is 2. The summed E-state index contributed by atoms with van der Waals surface area (Å²) >= 11 is 0. The van der Waals surface area contributed by atoms with Gasteiger partial charge in [-0.25, -0.2) is 0 Å². The molecule has 6 nitrogen and oxygen atoms in total. The van der Waals surface area contributed by atoms with Crippen LogP contribution < -0.4 is 10.6 Å². The molecule has 3 rings (SSSR count). The third kappa shape index (κ3) is 1.98. The Labute approximate surface area is 110 Å². The Balaban J connectivity index is 1.80. The van der Waals surface area contributed by atoms with E-state index in [1.807, 2.05) is 0 Å². The Hall–Kier alpha value is -1.95. The van der Waals surface area contributed by atoms with Crippen LogP contribution in [0.1, 0.15) is 37.4 Å². The highest BCUT2D eigenvalue weighted by Crippen LogP contribution is 2.36. The second kappa shape index (κ2) is 4.31. The lowest BCUT2D eigenvalue weighted by molar-refractivity contribution is -0.384. The summed E-state index contributed by atoms with van der Waals surface area (Å²) < 4.78 is 0. The van der Waals surface area contributed by atoms with Gasteiger partial charge in [0.25, 0.3) is 5.69 Å². The summed E-state index contributed by atoms with van der Waals surface area (Å²) in [4.78, 5) is 22.3. The summed E-state index contributed by atoms with van der Waals surface area (Å²) in [7, 11) is 0. The number of carbonyl (C=O) groups excluding carboxylic acids is 1. The second-order valence-corrected chi connectivity index (χ2v) is 5.19. The van der Waals surface area contributed by atoms with Gasteiger partial charge in [0.15, 0.2) is 0 Å². The van der Waals surface area contributed by atoms with Gasteiger partial charge in [-0.05, 0) is 30.5 Å². The van der Waals surface area contributed by atoms with Gasteiger partial charge in [0, 0.05) is 12.1 Å². The zero-order valence-corrected chi connectivity index (χ0v) is 10.4. The molecule has 2 N–H and O–H groups in total. The molecule has 1 saturated heterocycles. The monoisotopic (exact) mass is 261 g/mol. The third-order valence-corrected chi connectivity index (χ3v) is 4.03. The SMILES string of the molecule is O=C1NC(c2ccc([N+](=O)[O-])cc2)NC12CCCC2. The number of hydrogen-bond donors (Lipinski definition) is 2. The van der Waals surface area contributed by atoms with Crippen LogP contribution in [0.4, 0.5) is 5.69 Å². The van der Waals surface area contributed by atoms with Gasteiger partial charge in [0.05, 0.1) is 10.5 Å². The zero-order valence-electron chi connectivity index (χ0n) is 10.4. The standard InChI is InChI=1S/C13H15N3O3/c17-12-13(7-1-2-8-13)15-11(14-12)9-3-5-10(6-4-9)16(18)19/h3-6,11,15H,1-2,7-8H2,(H,14,17). The Bertz CT molecular complexity index is 520. The third-order valence-electron chi connectivity index (χ3n) is 4.03. The maximum atomic E-state index is 12.1. The summed E-state index contributed by atoms with van der Waals surface area (Å²) in [5, 5.41) is 16.9. The fourth-order valence-corrected chi connectivity index (χ4v) is 2.95. The molecule has 1 aliphatic heterocycles. The molecule has 1 aliphatic carbocycles. The van der Waals surface area contributed by atoms with Crippen LogP contribution >= 0.6 is 0 Å². The fourth-order valence-electron chi connectivity index (χ4n) is 2.95. The van der Waals surface area contributed by atoms with E-state index in [2.05, 4.69) is 10.6 Å². The van der Waals surface area contributed by atoms with Crippen molar-refractivity contribution in [3.63, 3.8) is 0 Å². The van der Waals surface area contributed by atoms with Crippen LogP contribution in [0.2, 0.25) is 0 Å². The van der Waals surface area contributed by atoms with Crippen molar-refractivity contribution in [3.05, 3.63) is 39.9 Å². The first kappa shape index (κ1) is 12.1. The molecule has 1 amide bonds. The summed E-state index contributed by atoms with van der Waals surface area (Å²) in [5.74, 6) is 0.0494. The molecular weight excluding hydrogens is 246 g/mol. The molecule has 1 heterocycles. The highest BCUT2D eigenvalue weighted by molar-refractivity contribution is 5.89.